The summed E-state index contributed by atoms with van der Waals surface area (Å²) in [6.07, 6.45) is 0.810. The standard InChI is InChI=1S/C14H23NO3S/c1-4-13(15)12-7-5-6-8-14(12)18-9-10-19(16,17)11(2)3/h5-8,11,13H,4,9-10,15H2,1-3H3. The topological polar surface area (TPSA) is 69.4 Å². The number of ether oxygens (including phenoxy) is 1. The van der Waals surface area contributed by atoms with Crippen LogP contribution in [0.1, 0.15) is 38.8 Å². The molecule has 1 unspecified atom stereocenters. The fourth-order valence-corrected chi connectivity index (χ4v) is 2.43. The first-order chi connectivity index (χ1) is 8.88. The number of sulfone groups is 1. The monoisotopic (exact) mass is 285 g/mol. The Kier molecular flexibility index (Phi) is 5.82. The maximum atomic E-state index is 11.7. The van der Waals surface area contributed by atoms with E-state index < -0.39 is 9.84 Å². The Balaban J connectivity index is 2.69. The van der Waals surface area contributed by atoms with Gasteiger partial charge in [0, 0.05) is 11.6 Å². The molecule has 108 valence electrons. The first-order valence-electron chi connectivity index (χ1n) is 6.57. The molecule has 0 aliphatic rings. The van der Waals surface area contributed by atoms with Crippen LogP contribution in [0.5, 0.6) is 5.75 Å². The lowest BCUT2D eigenvalue weighted by Crippen LogP contribution is -2.22. The molecule has 0 aliphatic heterocycles. The van der Waals surface area contributed by atoms with E-state index in [1.807, 2.05) is 31.2 Å². The first kappa shape index (κ1) is 16.0. The summed E-state index contributed by atoms with van der Waals surface area (Å²) < 4.78 is 29.0. The molecule has 0 amide bonds. The Labute approximate surface area is 115 Å². The van der Waals surface area contributed by atoms with E-state index >= 15 is 0 Å². The van der Waals surface area contributed by atoms with Crippen molar-refractivity contribution in [3.63, 3.8) is 0 Å². The minimum atomic E-state index is -3.06. The Bertz CT molecular complexity index is 497. The highest BCUT2D eigenvalue weighted by atomic mass is 32.2. The van der Waals surface area contributed by atoms with Crippen molar-refractivity contribution in [1.29, 1.82) is 0 Å². The molecule has 0 aromatic heterocycles. The second-order valence-corrected chi connectivity index (χ2v) is 7.49. The summed E-state index contributed by atoms with van der Waals surface area (Å²) in [5.41, 5.74) is 6.93. The maximum Gasteiger partial charge on any atom is 0.155 e. The zero-order valence-corrected chi connectivity index (χ0v) is 12.6. The minimum absolute atomic E-state index is 0.0281. The van der Waals surface area contributed by atoms with Crippen LogP contribution in [0, 0.1) is 0 Å². The molecule has 0 spiro atoms. The normalized spacial score (nSPS) is 13.5. The van der Waals surface area contributed by atoms with E-state index in [0.717, 1.165) is 12.0 Å². The van der Waals surface area contributed by atoms with Crippen molar-refractivity contribution in [2.45, 2.75) is 38.5 Å². The Morgan fingerprint density at radius 1 is 1.26 bits per heavy atom. The highest BCUT2D eigenvalue weighted by Crippen LogP contribution is 2.25. The molecule has 5 heteroatoms. The van der Waals surface area contributed by atoms with Crippen molar-refractivity contribution in [3.05, 3.63) is 29.8 Å². The second kappa shape index (κ2) is 6.91. The van der Waals surface area contributed by atoms with Gasteiger partial charge in [-0.05, 0) is 26.3 Å². The van der Waals surface area contributed by atoms with Crippen LogP contribution in [0.3, 0.4) is 0 Å². The van der Waals surface area contributed by atoms with Gasteiger partial charge in [0.2, 0.25) is 0 Å². The van der Waals surface area contributed by atoms with Crippen molar-refractivity contribution >= 4 is 9.84 Å². The van der Waals surface area contributed by atoms with E-state index in [1.54, 1.807) is 13.8 Å². The van der Waals surface area contributed by atoms with E-state index in [1.165, 1.54) is 0 Å². The quantitative estimate of drug-likeness (QED) is 0.834. The highest BCUT2D eigenvalue weighted by Gasteiger charge is 2.16. The zero-order chi connectivity index (χ0) is 14.5. The Morgan fingerprint density at radius 2 is 1.89 bits per heavy atom. The lowest BCUT2D eigenvalue weighted by molar-refractivity contribution is 0.334. The number of benzene rings is 1. The molecule has 4 nitrogen and oxygen atoms in total. The van der Waals surface area contributed by atoms with Crippen LogP contribution in [0.25, 0.3) is 0 Å². The first-order valence-corrected chi connectivity index (χ1v) is 8.29. The second-order valence-electron chi connectivity index (χ2n) is 4.82. The van der Waals surface area contributed by atoms with Gasteiger partial charge >= 0.3 is 0 Å². The van der Waals surface area contributed by atoms with Gasteiger partial charge in [-0.25, -0.2) is 8.42 Å². The van der Waals surface area contributed by atoms with E-state index in [2.05, 4.69) is 0 Å². The van der Waals surface area contributed by atoms with E-state index in [9.17, 15) is 8.42 Å². The van der Waals surface area contributed by atoms with Gasteiger partial charge in [-0.2, -0.15) is 0 Å². The van der Waals surface area contributed by atoms with Crippen molar-refractivity contribution in [2.24, 2.45) is 5.73 Å². The zero-order valence-electron chi connectivity index (χ0n) is 11.8. The van der Waals surface area contributed by atoms with Crippen LogP contribution in [-0.4, -0.2) is 26.0 Å². The van der Waals surface area contributed by atoms with Crippen LogP contribution < -0.4 is 10.5 Å². The van der Waals surface area contributed by atoms with Gasteiger partial charge in [-0.15, -0.1) is 0 Å². The van der Waals surface area contributed by atoms with Gasteiger partial charge < -0.3 is 10.5 Å². The maximum absolute atomic E-state index is 11.7. The van der Waals surface area contributed by atoms with Crippen molar-refractivity contribution < 1.29 is 13.2 Å². The fourth-order valence-electron chi connectivity index (χ4n) is 1.64. The van der Waals surface area contributed by atoms with Crippen LogP contribution in [0.15, 0.2) is 24.3 Å². The van der Waals surface area contributed by atoms with Gasteiger partial charge in [0.1, 0.15) is 12.4 Å². The van der Waals surface area contributed by atoms with Gasteiger partial charge in [0.15, 0.2) is 9.84 Å². The smallest absolute Gasteiger partial charge is 0.155 e. The average molecular weight is 285 g/mol. The van der Waals surface area contributed by atoms with Gasteiger partial charge in [0.05, 0.1) is 11.0 Å². The van der Waals surface area contributed by atoms with Gasteiger partial charge in [-0.1, -0.05) is 25.1 Å². The highest BCUT2D eigenvalue weighted by molar-refractivity contribution is 7.91. The summed E-state index contributed by atoms with van der Waals surface area (Å²) in [7, 11) is -3.06. The molecule has 1 rings (SSSR count). The van der Waals surface area contributed by atoms with Crippen LogP contribution in [-0.2, 0) is 9.84 Å². The summed E-state index contributed by atoms with van der Waals surface area (Å²) in [4.78, 5) is 0. The average Bonchev–Trinajstić information content (AvgIpc) is 2.38. The fraction of sp³-hybridized carbons (Fsp3) is 0.571. The van der Waals surface area contributed by atoms with E-state index in [4.69, 9.17) is 10.5 Å². The number of hydrogen-bond acceptors (Lipinski definition) is 4. The molecule has 0 aliphatic carbocycles. The predicted octanol–water partition coefficient (Wildman–Crippen LogP) is 2.30. The number of nitrogens with two attached hydrogens (primary N) is 1. The molecule has 1 aromatic rings. The van der Waals surface area contributed by atoms with Gasteiger partial charge in [0.25, 0.3) is 0 Å². The van der Waals surface area contributed by atoms with Gasteiger partial charge in [-0.3, -0.25) is 0 Å². The summed E-state index contributed by atoms with van der Waals surface area (Å²) in [5, 5.41) is -0.371. The molecule has 0 heterocycles. The lowest BCUT2D eigenvalue weighted by atomic mass is 10.0. The number of rotatable bonds is 7. The van der Waals surface area contributed by atoms with Crippen LogP contribution >= 0.6 is 0 Å². The largest absolute Gasteiger partial charge is 0.492 e. The molecule has 0 bridgehead atoms. The number of para-hydroxylation sites is 1. The minimum Gasteiger partial charge on any atom is -0.492 e. The molecule has 0 radical (unpaired) electrons. The summed E-state index contributed by atoms with van der Waals surface area (Å²) >= 11 is 0. The summed E-state index contributed by atoms with van der Waals surface area (Å²) in [6, 6.07) is 7.42. The third kappa shape index (κ3) is 4.51. The third-order valence-corrected chi connectivity index (χ3v) is 5.27. The lowest BCUT2D eigenvalue weighted by Gasteiger charge is -2.16. The van der Waals surface area contributed by atoms with Crippen molar-refractivity contribution in [3.8, 4) is 5.75 Å². The van der Waals surface area contributed by atoms with Crippen LogP contribution in [0.4, 0.5) is 0 Å². The molecule has 0 saturated carbocycles. The Morgan fingerprint density at radius 3 is 2.47 bits per heavy atom. The van der Waals surface area contributed by atoms with E-state index in [0.29, 0.717) is 5.75 Å². The summed E-state index contributed by atoms with van der Waals surface area (Å²) in [5.74, 6) is 0.705. The molecule has 0 fully saturated rings. The molecule has 19 heavy (non-hydrogen) atoms. The Hall–Kier alpha value is -1.07. The molecule has 2 N–H and O–H groups in total. The number of hydrogen-bond donors (Lipinski definition) is 1. The van der Waals surface area contributed by atoms with Crippen molar-refractivity contribution in [1.82, 2.24) is 0 Å². The third-order valence-electron chi connectivity index (χ3n) is 3.10. The molecular formula is C14H23NO3S. The molecule has 0 saturated heterocycles. The predicted molar refractivity (Wildman–Crippen MR) is 78.1 cm³/mol. The SMILES string of the molecule is CCC(N)c1ccccc1OCCS(=O)(=O)C(C)C. The molecule has 1 atom stereocenters. The molecule has 1 aromatic carbocycles. The summed E-state index contributed by atoms with van der Waals surface area (Å²) in [6.45, 7) is 5.52. The van der Waals surface area contributed by atoms with E-state index in [-0.39, 0.29) is 23.7 Å². The van der Waals surface area contributed by atoms with Crippen LogP contribution in [0.2, 0.25) is 0 Å². The van der Waals surface area contributed by atoms with Crippen molar-refractivity contribution in [2.75, 3.05) is 12.4 Å². The molecular weight excluding hydrogens is 262 g/mol.